The number of carboxylic acids is 1. The summed E-state index contributed by atoms with van der Waals surface area (Å²) in [6, 6.07) is 16.1. The Balaban J connectivity index is 2.60. The van der Waals surface area contributed by atoms with Crippen molar-refractivity contribution in [3.63, 3.8) is 0 Å². The second kappa shape index (κ2) is 9.63. The number of aromatic nitrogens is 1. The van der Waals surface area contributed by atoms with Crippen LogP contribution in [-0.2, 0) is 14.5 Å². The Hall–Kier alpha value is -3.12. The first-order valence-corrected chi connectivity index (χ1v) is 12.4. The van der Waals surface area contributed by atoms with E-state index in [0.717, 1.165) is 12.5 Å². The molecule has 1 heterocycles. The third-order valence-electron chi connectivity index (χ3n) is 5.92. The Labute approximate surface area is 197 Å². The predicted molar refractivity (Wildman–Crippen MR) is 130 cm³/mol. The molecule has 3 unspecified atom stereocenters. The molecule has 3 atom stereocenters. The Morgan fingerprint density at radius 3 is 2.15 bits per heavy atom. The maximum Gasteiger partial charge on any atom is 0.327 e. The summed E-state index contributed by atoms with van der Waals surface area (Å²) < 4.78 is 27.2. The van der Waals surface area contributed by atoms with E-state index in [-0.39, 0.29) is 17.2 Å². The van der Waals surface area contributed by atoms with Crippen LogP contribution in [0, 0.1) is 5.82 Å². The minimum atomic E-state index is -4.76. The number of aliphatic hydroxyl groups excluding tert-OH is 1. The van der Waals surface area contributed by atoms with E-state index < -0.39 is 30.4 Å². The molecule has 0 spiro atoms. The number of hydrogen-bond acceptors (Lipinski definition) is 4. The maximum absolute atomic E-state index is 13.7. The van der Waals surface area contributed by atoms with Crippen molar-refractivity contribution < 1.29 is 28.9 Å². The SMILES string of the molecule is C=CP(=O)(O)C(C(=O)O)(c1c(C(C)C)cc(-c2ccccc2)nc1-c1ccc(F)cc1)C(C)O. The molecule has 6 nitrogen and oxygen atoms in total. The Morgan fingerprint density at radius 2 is 1.68 bits per heavy atom. The number of benzene rings is 2. The number of halogens is 1. The number of rotatable bonds is 8. The fraction of sp³-hybridized carbons (Fsp3) is 0.231. The molecular formula is C26H27FNO5P. The van der Waals surface area contributed by atoms with Crippen molar-refractivity contribution >= 4 is 13.3 Å². The fourth-order valence-corrected chi connectivity index (χ4v) is 5.85. The zero-order valence-corrected chi connectivity index (χ0v) is 20.0. The van der Waals surface area contributed by atoms with Crippen LogP contribution in [0.2, 0.25) is 0 Å². The Morgan fingerprint density at radius 1 is 1.09 bits per heavy atom. The number of carbonyl (C=O) groups is 1. The zero-order valence-electron chi connectivity index (χ0n) is 19.1. The van der Waals surface area contributed by atoms with Crippen LogP contribution in [0.3, 0.4) is 0 Å². The summed E-state index contributed by atoms with van der Waals surface area (Å²) in [6.07, 6.45) is -1.79. The van der Waals surface area contributed by atoms with Gasteiger partial charge < -0.3 is 15.1 Å². The number of aliphatic hydroxyl groups is 1. The Bertz CT molecular complexity index is 1260. The van der Waals surface area contributed by atoms with Crippen molar-refractivity contribution in [2.75, 3.05) is 0 Å². The van der Waals surface area contributed by atoms with Gasteiger partial charge in [0.2, 0.25) is 7.37 Å². The number of nitrogens with zero attached hydrogens (tertiary/aromatic N) is 1. The first-order chi connectivity index (χ1) is 16.0. The summed E-state index contributed by atoms with van der Waals surface area (Å²) in [5.41, 5.74) is 1.99. The lowest BCUT2D eigenvalue weighted by molar-refractivity contribution is -0.143. The third kappa shape index (κ3) is 4.23. The van der Waals surface area contributed by atoms with E-state index in [1.165, 1.54) is 24.3 Å². The van der Waals surface area contributed by atoms with Gasteiger partial charge >= 0.3 is 5.97 Å². The van der Waals surface area contributed by atoms with Gasteiger partial charge in [-0.15, -0.1) is 0 Å². The molecule has 3 rings (SSSR count). The summed E-state index contributed by atoms with van der Waals surface area (Å²) in [5, 5.41) is 18.6. The van der Waals surface area contributed by atoms with Crippen molar-refractivity contribution in [1.82, 2.24) is 4.98 Å². The van der Waals surface area contributed by atoms with Gasteiger partial charge in [0.05, 0.1) is 17.5 Å². The topological polar surface area (TPSA) is 108 Å². The van der Waals surface area contributed by atoms with Crippen LogP contribution in [0.1, 0.15) is 37.8 Å². The van der Waals surface area contributed by atoms with Gasteiger partial charge in [-0.05, 0) is 54.6 Å². The molecule has 3 aromatic rings. The van der Waals surface area contributed by atoms with Gasteiger partial charge in [-0.3, -0.25) is 9.36 Å². The first kappa shape index (κ1) is 25.5. The van der Waals surface area contributed by atoms with Gasteiger partial charge in [-0.1, -0.05) is 50.8 Å². The lowest BCUT2D eigenvalue weighted by Crippen LogP contribution is -2.46. The first-order valence-electron chi connectivity index (χ1n) is 10.7. The van der Waals surface area contributed by atoms with Crippen molar-refractivity contribution in [2.24, 2.45) is 0 Å². The highest BCUT2D eigenvalue weighted by Gasteiger charge is 2.60. The van der Waals surface area contributed by atoms with Crippen LogP contribution in [-0.4, -0.2) is 32.2 Å². The monoisotopic (exact) mass is 483 g/mol. The van der Waals surface area contributed by atoms with Gasteiger partial charge in [0.25, 0.3) is 0 Å². The van der Waals surface area contributed by atoms with Crippen LogP contribution in [0.4, 0.5) is 4.39 Å². The van der Waals surface area contributed by atoms with Crippen LogP contribution in [0.15, 0.2) is 73.1 Å². The van der Waals surface area contributed by atoms with Crippen molar-refractivity contribution in [1.29, 1.82) is 0 Å². The zero-order chi connectivity index (χ0) is 25.3. The second-order valence-corrected chi connectivity index (χ2v) is 10.7. The fourth-order valence-electron chi connectivity index (χ4n) is 4.20. The van der Waals surface area contributed by atoms with Gasteiger partial charge in [0.15, 0.2) is 5.16 Å². The highest BCUT2D eigenvalue weighted by Crippen LogP contribution is 2.65. The van der Waals surface area contributed by atoms with E-state index in [0.29, 0.717) is 22.6 Å². The summed E-state index contributed by atoms with van der Waals surface area (Å²) in [6.45, 7) is 8.17. The average Bonchev–Trinajstić information content (AvgIpc) is 2.79. The molecule has 0 bridgehead atoms. The van der Waals surface area contributed by atoms with Crippen LogP contribution < -0.4 is 0 Å². The van der Waals surface area contributed by atoms with Crippen molar-refractivity contribution in [3.05, 3.63) is 90.0 Å². The van der Waals surface area contributed by atoms with Gasteiger partial charge in [0, 0.05) is 16.7 Å². The molecule has 0 aliphatic heterocycles. The highest BCUT2D eigenvalue weighted by atomic mass is 31.2. The van der Waals surface area contributed by atoms with Gasteiger partial charge in [0.1, 0.15) is 5.82 Å². The molecule has 0 fully saturated rings. The lowest BCUT2D eigenvalue weighted by atomic mass is 9.82. The second-order valence-electron chi connectivity index (χ2n) is 8.40. The molecule has 0 amide bonds. The minimum Gasteiger partial charge on any atom is -0.480 e. The molecule has 0 aliphatic carbocycles. The van der Waals surface area contributed by atoms with Gasteiger partial charge in [-0.2, -0.15) is 0 Å². The van der Waals surface area contributed by atoms with Crippen molar-refractivity contribution in [2.45, 2.75) is 37.9 Å². The maximum atomic E-state index is 13.7. The van der Waals surface area contributed by atoms with Crippen LogP contribution in [0.5, 0.6) is 0 Å². The van der Waals surface area contributed by atoms with Crippen LogP contribution >= 0.6 is 7.37 Å². The average molecular weight is 483 g/mol. The summed E-state index contributed by atoms with van der Waals surface area (Å²) in [4.78, 5) is 28.5. The largest absolute Gasteiger partial charge is 0.480 e. The van der Waals surface area contributed by atoms with Crippen LogP contribution in [0.25, 0.3) is 22.5 Å². The van der Waals surface area contributed by atoms with E-state index in [1.54, 1.807) is 6.07 Å². The number of carboxylic acid groups (broad SMARTS) is 1. The highest BCUT2D eigenvalue weighted by molar-refractivity contribution is 7.63. The molecule has 0 radical (unpaired) electrons. The smallest absolute Gasteiger partial charge is 0.327 e. The molecule has 34 heavy (non-hydrogen) atoms. The molecular weight excluding hydrogens is 456 g/mol. The number of aliphatic carboxylic acids is 1. The molecule has 178 valence electrons. The molecule has 8 heteroatoms. The lowest BCUT2D eigenvalue weighted by Gasteiger charge is -2.38. The number of hydrogen-bond donors (Lipinski definition) is 3. The molecule has 1 aromatic heterocycles. The predicted octanol–water partition coefficient (Wildman–Crippen LogP) is 5.75. The van der Waals surface area contributed by atoms with Crippen molar-refractivity contribution in [3.8, 4) is 22.5 Å². The molecule has 2 aromatic carbocycles. The third-order valence-corrected chi connectivity index (χ3v) is 8.22. The quantitative estimate of drug-likeness (QED) is 0.352. The molecule has 0 saturated heterocycles. The summed E-state index contributed by atoms with van der Waals surface area (Å²) >= 11 is 0. The normalized spacial score (nSPS) is 15.9. The van der Waals surface area contributed by atoms with E-state index in [1.807, 2.05) is 44.2 Å². The Kier molecular flexibility index (Phi) is 7.22. The van der Waals surface area contributed by atoms with E-state index >= 15 is 0 Å². The summed E-state index contributed by atoms with van der Waals surface area (Å²) in [5.74, 6) is -1.83. The minimum absolute atomic E-state index is 0.0736. The molecule has 3 N–H and O–H groups in total. The molecule has 0 saturated carbocycles. The van der Waals surface area contributed by atoms with E-state index in [4.69, 9.17) is 4.98 Å². The summed E-state index contributed by atoms with van der Waals surface area (Å²) in [7, 11) is -4.76. The van der Waals surface area contributed by atoms with E-state index in [9.17, 15) is 28.9 Å². The standard InChI is InChI=1S/C26H27FNO5P/c1-5-34(32,33)26(17(4)29,25(30)31)23-21(16(2)3)15-22(18-9-7-6-8-10-18)28-24(23)19-11-13-20(27)14-12-19/h5-17,29H,1H2,2-4H3,(H,30,31)(H,32,33). The number of pyridine rings is 1. The van der Waals surface area contributed by atoms with Gasteiger partial charge in [-0.25, -0.2) is 9.37 Å². The molecule has 0 aliphatic rings. The van der Waals surface area contributed by atoms with E-state index in [2.05, 4.69) is 6.58 Å².